The van der Waals surface area contributed by atoms with E-state index in [1.54, 1.807) is 31.0 Å². The summed E-state index contributed by atoms with van der Waals surface area (Å²) in [5.74, 6) is 1.45. The summed E-state index contributed by atoms with van der Waals surface area (Å²) in [6.07, 6.45) is 1.98. The van der Waals surface area contributed by atoms with Gasteiger partial charge in [0.1, 0.15) is 11.5 Å². The number of anilines is 1. The highest BCUT2D eigenvalue weighted by molar-refractivity contribution is 8.01. The van der Waals surface area contributed by atoms with Crippen LogP contribution in [-0.2, 0) is 0 Å². The fourth-order valence-electron chi connectivity index (χ4n) is 3.45. The molecule has 0 saturated carbocycles. The van der Waals surface area contributed by atoms with E-state index in [0.717, 1.165) is 34.0 Å². The van der Waals surface area contributed by atoms with Crippen LogP contribution in [0.2, 0.25) is 0 Å². The zero-order valence-corrected chi connectivity index (χ0v) is 15.5. The number of non-ortho nitro benzene ring substituents is 1. The maximum absolute atomic E-state index is 11.0. The van der Waals surface area contributed by atoms with Crippen LogP contribution in [-0.4, -0.2) is 23.6 Å². The molecule has 0 bridgehead atoms. The van der Waals surface area contributed by atoms with Crippen LogP contribution in [0.5, 0.6) is 11.5 Å². The van der Waals surface area contributed by atoms with E-state index in [-0.39, 0.29) is 5.69 Å². The molecule has 0 aliphatic carbocycles. The van der Waals surface area contributed by atoms with Crippen molar-refractivity contribution in [2.24, 2.45) is 0 Å². The Morgan fingerprint density at radius 1 is 1.31 bits per heavy atom. The molecular formula is C19H18N2O4S. The summed E-state index contributed by atoms with van der Waals surface area (Å²) >= 11 is 1.63. The Kier molecular flexibility index (Phi) is 3.84. The number of fused-ring (bicyclic) bond motifs is 2. The van der Waals surface area contributed by atoms with Gasteiger partial charge in [0, 0.05) is 34.7 Å². The second kappa shape index (κ2) is 5.95. The SMILES string of the molecule is CCN1c2ccc(OC)cc2SC12Oc1ccc([N+](=O)[O-])cc1C=C2C. The minimum absolute atomic E-state index is 0.0618. The molecule has 1 atom stereocenters. The van der Waals surface area contributed by atoms with Gasteiger partial charge in [0.2, 0.25) is 0 Å². The standard InChI is InChI=1S/C19H18N2O4S/c1-4-20-16-7-6-15(24-3)11-18(16)26-19(20)12(2)9-13-10-14(21(22)23)5-8-17(13)25-19/h5-11H,4H2,1-3H3. The van der Waals surface area contributed by atoms with Crippen LogP contribution in [0, 0.1) is 10.1 Å². The van der Waals surface area contributed by atoms with Gasteiger partial charge in [-0.3, -0.25) is 10.1 Å². The number of thioether (sulfide) groups is 1. The van der Waals surface area contributed by atoms with Crippen molar-refractivity contribution in [1.29, 1.82) is 0 Å². The molecule has 4 rings (SSSR count). The van der Waals surface area contributed by atoms with E-state index in [1.807, 2.05) is 31.2 Å². The number of nitrogens with zero attached hydrogens (tertiary/aromatic N) is 2. The van der Waals surface area contributed by atoms with Gasteiger partial charge >= 0.3 is 0 Å². The second-order valence-corrected chi connectivity index (χ2v) is 7.37. The number of ether oxygens (including phenoxy) is 2. The second-order valence-electron chi connectivity index (χ2n) is 6.17. The molecule has 2 heterocycles. The van der Waals surface area contributed by atoms with Crippen LogP contribution in [0.25, 0.3) is 6.08 Å². The molecule has 1 spiro atoms. The largest absolute Gasteiger partial charge is 0.497 e. The lowest BCUT2D eigenvalue weighted by atomic mass is 10.0. The molecule has 0 saturated heterocycles. The molecule has 0 fully saturated rings. The molecule has 2 aromatic carbocycles. The van der Waals surface area contributed by atoms with Crippen LogP contribution in [0.4, 0.5) is 11.4 Å². The number of nitro groups is 1. The fraction of sp³-hybridized carbons (Fsp3) is 0.263. The lowest BCUT2D eigenvalue weighted by Gasteiger charge is -2.41. The highest BCUT2D eigenvalue weighted by atomic mass is 32.2. The lowest BCUT2D eigenvalue weighted by molar-refractivity contribution is -0.384. The predicted molar refractivity (Wildman–Crippen MR) is 102 cm³/mol. The molecule has 134 valence electrons. The van der Waals surface area contributed by atoms with Crippen molar-refractivity contribution in [3.05, 3.63) is 57.6 Å². The first-order valence-corrected chi connectivity index (χ1v) is 9.11. The monoisotopic (exact) mass is 370 g/mol. The Hall–Kier alpha value is -2.67. The Morgan fingerprint density at radius 2 is 2.12 bits per heavy atom. The molecule has 0 aromatic heterocycles. The smallest absolute Gasteiger partial charge is 0.270 e. The quantitative estimate of drug-likeness (QED) is 0.577. The van der Waals surface area contributed by atoms with E-state index >= 15 is 0 Å². The number of hydrogen-bond donors (Lipinski definition) is 0. The summed E-state index contributed by atoms with van der Waals surface area (Å²) in [6.45, 7) is 4.85. The minimum atomic E-state index is -0.688. The van der Waals surface area contributed by atoms with Gasteiger partial charge in [-0.05, 0) is 56.0 Å². The van der Waals surface area contributed by atoms with E-state index in [0.29, 0.717) is 5.75 Å². The first-order chi connectivity index (χ1) is 12.5. The number of nitro benzene ring substituents is 1. The molecule has 1 unspecified atom stereocenters. The molecular weight excluding hydrogens is 352 g/mol. The molecule has 0 amide bonds. The molecule has 2 aliphatic heterocycles. The summed E-state index contributed by atoms with van der Waals surface area (Å²) in [4.78, 5) is 14.0. The third kappa shape index (κ3) is 2.34. The average molecular weight is 370 g/mol. The van der Waals surface area contributed by atoms with Crippen molar-refractivity contribution in [1.82, 2.24) is 0 Å². The topological polar surface area (TPSA) is 64.8 Å². The molecule has 7 heteroatoms. The van der Waals surface area contributed by atoms with Crippen molar-refractivity contribution in [2.45, 2.75) is 23.8 Å². The number of benzene rings is 2. The van der Waals surface area contributed by atoms with Crippen LogP contribution < -0.4 is 14.4 Å². The highest BCUT2D eigenvalue weighted by Gasteiger charge is 2.50. The van der Waals surface area contributed by atoms with Crippen molar-refractivity contribution in [3.8, 4) is 11.5 Å². The van der Waals surface area contributed by atoms with Crippen LogP contribution in [0.15, 0.2) is 46.9 Å². The van der Waals surface area contributed by atoms with Gasteiger partial charge in [0.15, 0.2) is 0 Å². The zero-order chi connectivity index (χ0) is 18.5. The molecule has 6 nitrogen and oxygen atoms in total. The van der Waals surface area contributed by atoms with Gasteiger partial charge in [-0.15, -0.1) is 0 Å². The summed E-state index contributed by atoms with van der Waals surface area (Å²) in [7, 11) is 1.65. The zero-order valence-electron chi connectivity index (χ0n) is 14.7. The minimum Gasteiger partial charge on any atom is -0.497 e. The highest BCUT2D eigenvalue weighted by Crippen LogP contribution is 2.57. The van der Waals surface area contributed by atoms with Gasteiger partial charge < -0.3 is 14.4 Å². The number of methoxy groups -OCH3 is 1. The number of rotatable bonds is 3. The van der Waals surface area contributed by atoms with E-state index in [4.69, 9.17) is 9.47 Å². The van der Waals surface area contributed by atoms with Crippen molar-refractivity contribution < 1.29 is 14.4 Å². The Balaban J connectivity index is 1.80. The normalized spacial score (nSPS) is 20.3. The fourth-order valence-corrected chi connectivity index (χ4v) is 4.89. The third-order valence-corrected chi connectivity index (χ3v) is 6.15. The lowest BCUT2D eigenvalue weighted by Crippen LogP contribution is -2.50. The van der Waals surface area contributed by atoms with Gasteiger partial charge in [0.05, 0.1) is 17.7 Å². The summed E-state index contributed by atoms with van der Waals surface area (Å²) in [6, 6.07) is 10.7. The number of hydrogen-bond acceptors (Lipinski definition) is 6. The van der Waals surface area contributed by atoms with E-state index in [9.17, 15) is 10.1 Å². The number of likely N-dealkylation sites (N-methyl/N-ethyl adjacent to an activating group) is 1. The van der Waals surface area contributed by atoms with Crippen molar-refractivity contribution in [2.75, 3.05) is 18.6 Å². The third-order valence-electron chi connectivity index (χ3n) is 4.70. The van der Waals surface area contributed by atoms with Crippen LogP contribution >= 0.6 is 11.8 Å². The van der Waals surface area contributed by atoms with E-state index in [2.05, 4.69) is 11.8 Å². The first kappa shape index (κ1) is 16.8. The molecule has 0 radical (unpaired) electrons. The van der Waals surface area contributed by atoms with Gasteiger partial charge in [0.25, 0.3) is 10.7 Å². The van der Waals surface area contributed by atoms with Gasteiger partial charge in [-0.25, -0.2) is 0 Å². The average Bonchev–Trinajstić information content (AvgIpc) is 2.94. The maximum atomic E-state index is 11.0. The summed E-state index contributed by atoms with van der Waals surface area (Å²) in [5, 5.41) is 10.4. The Morgan fingerprint density at radius 3 is 2.81 bits per heavy atom. The first-order valence-electron chi connectivity index (χ1n) is 8.29. The molecule has 2 aliphatic rings. The van der Waals surface area contributed by atoms with Gasteiger partial charge in [-0.2, -0.15) is 0 Å². The summed E-state index contributed by atoms with van der Waals surface area (Å²) < 4.78 is 11.8. The van der Waals surface area contributed by atoms with E-state index in [1.165, 1.54) is 6.07 Å². The summed E-state index contributed by atoms with van der Waals surface area (Å²) in [5.41, 5.74) is 2.88. The van der Waals surface area contributed by atoms with Crippen LogP contribution in [0.3, 0.4) is 0 Å². The van der Waals surface area contributed by atoms with Crippen molar-refractivity contribution in [3.63, 3.8) is 0 Å². The van der Waals surface area contributed by atoms with Crippen molar-refractivity contribution >= 4 is 29.2 Å². The van der Waals surface area contributed by atoms with Crippen LogP contribution in [0.1, 0.15) is 19.4 Å². The predicted octanol–water partition coefficient (Wildman–Crippen LogP) is 4.69. The maximum Gasteiger partial charge on any atom is 0.270 e. The molecule has 2 aromatic rings. The molecule has 26 heavy (non-hydrogen) atoms. The Labute approximate surface area is 155 Å². The van der Waals surface area contributed by atoms with E-state index < -0.39 is 9.98 Å². The van der Waals surface area contributed by atoms with Gasteiger partial charge in [-0.1, -0.05) is 0 Å². The molecule has 0 N–H and O–H groups in total. The Bertz CT molecular complexity index is 943.